The average Bonchev–Trinajstić information content (AvgIpc) is 3.20. The molecule has 54 heavy (non-hydrogen) atoms. The Morgan fingerprint density at radius 2 is 0.667 bits per heavy atom. The molecule has 1 aliphatic carbocycles. The van der Waals surface area contributed by atoms with Crippen LogP contribution in [0.15, 0.2) is 24.3 Å². The zero-order valence-corrected chi connectivity index (χ0v) is 36.7. The van der Waals surface area contributed by atoms with Crippen LogP contribution in [-0.4, -0.2) is 14.2 Å². The average molecular weight is 737 g/mol. The first-order valence-electron chi connectivity index (χ1n) is 22.6. The van der Waals surface area contributed by atoms with Crippen LogP contribution in [0.5, 0.6) is 0 Å². The molecule has 0 saturated heterocycles. The maximum absolute atomic E-state index is 6.76. The number of hydrogen-bond donors (Lipinski definition) is 0. The standard InChI is InChI=1S/C52H80O2/c1-13-23-27-39(17-5)31-43-35-47-48(36-44(43)32-40(18-6)28-24-14-2)52(22-10,54-12)50-38-46(34-42(20-8)30-26-16-4)45(33-41(19-7)29-25-15-3)37-49(50)51(47,21-9)53-11/h9-10,35-42H,13-20,23-34H2,1-8,11-12H3. The van der Waals surface area contributed by atoms with E-state index in [0.717, 1.165) is 47.9 Å². The molecule has 0 fully saturated rings. The number of fused-ring (bicyclic) bond motifs is 2. The van der Waals surface area contributed by atoms with Gasteiger partial charge in [-0.05, 0) is 71.6 Å². The van der Waals surface area contributed by atoms with Crippen molar-refractivity contribution in [3.05, 3.63) is 68.8 Å². The number of ether oxygens (including phenoxy) is 2. The van der Waals surface area contributed by atoms with Crippen molar-refractivity contribution in [2.45, 2.75) is 195 Å². The van der Waals surface area contributed by atoms with Gasteiger partial charge in [0.2, 0.25) is 0 Å². The summed E-state index contributed by atoms with van der Waals surface area (Å²) >= 11 is 0. The van der Waals surface area contributed by atoms with E-state index < -0.39 is 11.2 Å². The Morgan fingerprint density at radius 3 is 0.815 bits per heavy atom. The summed E-state index contributed by atoms with van der Waals surface area (Å²) in [4.78, 5) is 0. The molecule has 0 aromatic heterocycles. The van der Waals surface area contributed by atoms with Gasteiger partial charge in [-0.3, -0.25) is 0 Å². The molecule has 0 aliphatic heterocycles. The first kappa shape index (κ1) is 45.9. The number of methoxy groups -OCH3 is 2. The summed E-state index contributed by atoms with van der Waals surface area (Å²) < 4.78 is 13.4. The van der Waals surface area contributed by atoms with Crippen LogP contribution in [0.1, 0.15) is 203 Å². The third kappa shape index (κ3) is 10.5. The molecule has 0 spiro atoms. The lowest BCUT2D eigenvalue weighted by atomic mass is 9.65. The smallest absolute Gasteiger partial charge is 0.179 e. The van der Waals surface area contributed by atoms with E-state index in [1.165, 1.54) is 125 Å². The van der Waals surface area contributed by atoms with Gasteiger partial charge in [0.1, 0.15) is 0 Å². The minimum absolute atomic E-state index is 0.624. The summed E-state index contributed by atoms with van der Waals surface area (Å²) in [6, 6.07) is 9.69. The van der Waals surface area contributed by atoms with Gasteiger partial charge in [-0.25, -0.2) is 0 Å². The van der Waals surface area contributed by atoms with Crippen molar-refractivity contribution in [3.8, 4) is 24.7 Å². The van der Waals surface area contributed by atoms with Crippen LogP contribution in [0.3, 0.4) is 0 Å². The third-order valence-corrected chi connectivity index (χ3v) is 13.4. The summed E-state index contributed by atoms with van der Waals surface area (Å²) in [6.07, 6.45) is 37.3. The van der Waals surface area contributed by atoms with Crippen LogP contribution in [0.25, 0.3) is 0 Å². The molecular formula is C52H80O2. The van der Waals surface area contributed by atoms with Gasteiger partial charge in [0, 0.05) is 36.5 Å². The summed E-state index contributed by atoms with van der Waals surface area (Å²) in [6.45, 7) is 18.6. The van der Waals surface area contributed by atoms with Crippen LogP contribution in [0.4, 0.5) is 0 Å². The van der Waals surface area contributed by atoms with Crippen molar-refractivity contribution >= 4 is 0 Å². The Labute approximate surface area is 334 Å². The van der Waals surface area contributed by atoms with E-state index in [9.17, 15) is 0 Å². The van der Waals surface area contributed by atoms with Gasteiger partial charge in [-0.15, -0.1) is 12.8 Å². The Hall–Kier alpha value is -2.52. The van der Waals surface area contributed by atoms with Gasteiger partial charge >= 0.3 is 0 Å². The zero-order valence-electron chi connectivity index (χ0n) is 36.7. The molecule has 0 radical (unpaired) electrons. The highest BCUT2D eigenvalue weighted by molar-refractivity contribution is 5.67. The van der Waals surface area contributed by atoms with Crippen molar-refractivity contribution < 1.29 is 9.47 Å². The number of unbranched alkanes of at least 4 members (excludes halogenated alkanes) is 4. The van der Waals surface area contributed by atoms with Crippen molar-refractivity contribution in [2.75, 3.05) is 14.2 Å². The first-order chi connectivity index (χ1) is 26.2. The molecule has 2 aromatic rings. The Bertz CT molecular complexity index is 1300. The minimum atomic E-state index is -1.07. The van der Waals surface area contributed by atoms with Crippen LogP contribution >= 0.6 is 0 Å². The summed E-state index contributed by atoms with van der Waals surface area (Å²) in [5.41, 5.74) is 7.51. The lowest BCUT2D eigenvalue weighted by Crippen LogP contribution is -2.44. The fourth-order valence-corrected chi connectivity index (χ4v) is 9.48. The van der Waals surface area contributed by atoms with Gasteiger partial charge in [0.05, 0.1) is 0 Å². The molecule has 4 unspecified atom stereocenters. The highest BCUT2D eigenvalue weighted by Crippen LogP contribution is 2.53. The second-order valence-corrected chi connectivity index (χ2v) is 16.9. The Balaban J connectivity index is 2.45. The lowest BCUT2D eigenvalue weighted by molar-refractivity contribution is 0.0328. The quantitative estimate of drug-likeness (QED) is 0.0896. The van der Waals surface area contributed by atoms with Crippen LogP contribution < -0.4 is 0 Å². The van der Waals surface area contributed by atoms with E-state index in [4.69, 9.17) is 22.3 Å². The molecule has 0 amide bonds. The van der Waals surface area contributed by atoms with E-state index in [-0.39, 0.29) is 0 Å². The van der Waals surface area contributed by atoms with Crippen LogP contribution in [0.2, 0.25) is 0 Å². The predicted octanol–water partition coefficient (Wildman–Crippen LogP) is 14.1. The second-order valence-electron chi connectivity index (χ2n) is 16.9. The van der Waals surface area contributed by atoms with Crippen molar-refractivity contribution in [2.24, 2.45) is 23.7 Å². The monoisotopic (exact) mass is 737 g/mol. The first-order valence-corrected chi connectivity index (χ1v) is 22.6. The molecule has 0 saturated carbocycles. The number of benzene rings is 2. The van der Waals surface area contributed by atoms with E-state index in [2.05, 4.69) is 91.5 Å². The zero-order chi connectivity index (χ0) is 39.7. The van der Waals surface area contributed by atoms with Gasteiger partial charge in [0.25, 0.3) is 0 Å². The highest BCUT2D eigenvalue weighted by atomic mass is 16.5. The molecule has 300 valence electrons. The topological polar surface area (TPSA) is 18.5 Å². The SMILES string of the molecule is C#CC1(OC)c2cc(CC(CC)CCCC)c(CC(CC)CCCC)cc2C(C#C)(OC)c2cc(CC(CC)CCCC)c(CC(CC)CCCC)cc21. The fraction of sp³-hybridized carbons (Fsp3) is 0.692. The molecule has 2 heteroatoms. The summed E-state index contributed by atoms with van der Waals surface area (Å²) in [7, 11) is 3.60. The maximum atomic E-state index is 6.76. The van der Waals surface area contributed by atoms with Gasteiger partial charge in [0.15, 0.2) is 11.2 Å². The van der Waals surface area contributed by atoms with Crippen LogP contribution in [-0.2, 0) is 46.4 Å². The Kier molecular flexibility index (Phi) is 19.4. The molecule has 1 aliphatic rings. The number of hydrogen-bond acceptors (Lipinski definition) is 2. The van der Waals surface area contributed by atoms with Crippen molar-refractivity contribution in [3.63, 3.8) is 0 Å². The molecule has 2 aromatic carbocycles. The molecule has 0 heterocycles. The van der Waals surface area contributed by atoms with Gasteiger partial charge in [-0.2, -0.15) is 0 Å². The molecule has 3 rings (SSSR count). The summed E-state index contributed by atoms with van der Waals surface area (Å²) in [5.74, 6) is 9.04. The van der Waals surface area contributed by atoms with Crippen molar-refractivity contribution in [1.82, 2.24) is 0 Å². The van der Waals surface area contributed by atoms with Gasteiger partial charge in [-0.1, -0.05) is 194 Å². The van der Waals surface area contributed by atoms with E-state index in [0.29, 0.717) is 23.7 Å². The minimum Gasteiger partial charge on any atom is -0.357 e. The fourth-order valence-electron chi connectivity index (χ4n) is 9.48. The molecule has 2 nitrogen and oxygen atoms in total. The maximum Gasteiger partial charge on any atom is 0.179 e. The number of terminal acetylenes is 2. The van der Waals surface area contributed by atoms with E-state index in [1.807, 2.05) is 0 Å². The summed E-state index contributed by atoms with van der Waals surface area (Å²) in [5, 5.41) is 0. The number of rotatable bonds is 26. The van der Waals surface area contributed by atoms with Crippen molar-refractivity contribution in [1.29, 1.82) is 0 Å². The van der Waals surface area contributed by atoms with E-state index in [1.54, 1.807) is 14.2 Å². The Morgan fingerprint density at radius 1 is 0.444 bits per heavy atom. The largest absolute Gasteiger partial charge is 0.357 e. The molecule has 4 atom stereocenters. The second kappa shape index (κ2) is 22.9. The third-order valence-electron chi connectivity index (χ3n) is 13.4. The van der Waals surface area contributed by atoms with Crippen LogP contribution in [0, 0.1) is 48.4 Å². The van der Waals surface area contributed by atoms with E-state index >= 15 is 0 Å². The van der Waals surface area contributed by atoms with Gasteiger partial charge < -0.3 is 9.47 Å². The molecule has 0 bridgehead atoms. The lowest BCUT2D eigenvalue weighted by Gasteiger charge is -2.45. The normalized spacial score (nSPS) is 20.0. The highest BCUT2D eigenvalue weighted by Gasteiger charge is 2.51. The molecular weight excluding hydrogens is 657 g/mol. The molecule has 0 N–H and O–H groups in total. The predicted molar refractivity (Wildman–Crippen MR) is 234 cm³/mol.